The van der Waals surface area contributed by atoms with Crippen molar-refractivity contribution in [2.45, 2.75) is 25.7 Å². The molecule has 0 aromatic heterocycles. The first kappa shape index (κ1) is 11.8. The van der Waals surface area contributed by atoms with Crippen molar-refractivity contribution in [3.05, 3.63) is 51.6 Å². The van der Waals surface area contributed by atoms with E-state index in [0.717, 1.165) is 42.4 Å². The van der Waals surface area contributed by atoms with Crippen LogP contribution in [-0.2, 0) is 9.53 Å². The summed E-state index contributed by atoms with van der Waals surface area (Å²) < 4.78 is 5.33. The van der Waals surface area contributed by atoms with Gasteiger partial charge in [-0.2, -0.15) is 0 Å². The van der Waals surface area contributed by atoms with Gasteiger partial charge in [-0.1, -0.05) is 12.1 Å². The summed E-state index contributed by atoms with van der Waals surface area (Å²) in [6.45, 7) is 0. The molecule has 0 bridgehead atoms. The predicted molar refractivity (Wildman–Crippen MR) is 71.5 cm³/mol. The molecule has 1 aliphatic heterocycles. The number of esters is 1. The van der Waals surface area contributed by atoms with Gasteiger partial charge < -0.3 is 4.74 Å². The first-order valence-electron chi connectivity index (χ1n) is 6.37. The molecular weight excluding hydrogens is 242 g/mol. The molecule has 0 amide bonds. The van der Waals surface area contributed by atoms with E-state index in [-0.39, 0.29) is 5.97 Å². The molecule has 96 valence electrons. The molecule has 1 aromatic rings. The first-order valence-corrected chi connectivity index (χ1v) is 6.37. The van der Waals surface area contributed by atoms with Gasteiger partial charge in [0, 0.05) is 11.1 Å². The third-order valence-corrected chi connectivity index (χ3v) is 3.49. The minimum absolute atomic E-state index is 0.217. The minimum Gasteiger partial charge on any atom is -0.423 e. The van der Waals surface area contributed by atoms with Crippen molar-refractivity contribution in [1.29, 1.82) is 0 Å². The summed E-state index contributed by atoms with van der Waals surface area (Å²) in [5, 5.41) is 2.90. The second-order valence-corrected chi connectivity index (χ2v) is 4.75. The van der Waals surface area contributed by atoms with Crippen LogP contribution in [0.4, 0.5) is 5.69 Å². The number of rotatable bonds is 2. The van der Waals surface area contributed by atoms with E-state index in [1.54, 1.807) is 24.3 Å². The maximum absolute atomic E-state index is 11.7. The highest BCUT2D eigenvalue weighted by atomic mass is 16.5. The molecule has 1 aromatic carbocycles. The van der Waals surface area contributed by atoms with Gasteiger partial charge >= 0.3 is 5.97 Å². The van der Waals surface area contributed by atoms with E-state index >= 15 is 0 Å². The van der Waals surface area contributed by atoms with Gasteiger partial charge in [0.05, 0.1) is 0 Å². The van der Waals surface area contributed by atoms with E-state index < -0.39 is 0 Å². The number of carbonyl (C=O) groups is 1. The predicted octanol–water partition coefficient (Wildman–Crippen LogP) is 3.85. The van der Waals surface area contributed by atoms with Crippen molar-refractivity contribution in [3.63, 3.8) is 0 Å². The van der Waals surface area contributed by atoms with Crippen LogP contribution in [0.15, 0.2) is 46.3 Å². The molecule has 0 unspecified atom stereocenters. The summed E-state index contributed by atoms with van der Waals surface area (Å²) in [4.78, 5) is 22.3. The molecular formula is C15H13NO3. The molecule has 0 radical (unpaired) electrons. The number of allylic oxidation sites excluding steroid dienone is 1. The fourth-order valence-corrected chi connectivity index (χ4v) is 2.56. The Hall–Kier alpha value is -2.23. The number of nitrogens with zero attached hydrogens (tertiary/aromatic N) is 1. The van der Waals surface area contributed by atoms with Crippen LogP contribution < -0.4 is 0 Å². The van der Waals surface area contributed by atoms with Crippen molar-refractivity contribution in [2.24, 2.45) is 5.18 Å². The van der Waals surface area contributed by atoms with Crippen LogP contribution in [0, 0.1) is 4.91 Å². The van der Waals surface area contributed by atoms with Crippen LogP contribution in [0.2, 0.25) is 0 Å². The van der Waals surface area contributed by atoms with Crippen molar-refractivity contribution in [2.75, 3.05) is 0 Å². The highest BCUT2D eigenvalue weighted by Crippen LogP contribution is 2.37. The van der Waals surface area contributed by atoms with Gasteiger partial charge in [0.1, 0.15) is 11.4 Å². The van der Waals surface area contributed by atoms with Crippen molar-refractivity contribution in [3.8, 4) is 0 Å². The number of cyclic esters (lactones) is 1. The van der Waals surface area contributed by atoms with Crippen LogP contribution in [0.25, 0.3) is 6.08 Å². The standard InChI is InChI=1S/C15H13NO3/c17-15-13-7-2-1-6-12(13)14(19-15)9-10-4-3-5-11(8-10)16-18/h3-5,8-9H,1-2,6-7H2/b14-9-. The molecule has 0 atom stereocenters. The van der Waals surface area contributed by atoms with Crippen LogP contribution in [-0.4, -0.2) is 5.97 Å². The largest absolute Gasteiger partial charge is 0.423 e. The van der Waals surface area contributed by atoms with Crippen molar-refractivity contribution >= 4 is 17.7 Å². The summed E-state index contributed by atoms with van der Waals surface area (Å²) in [5.74, 6) is 0.411. The zero-order chi connectivity index (χ0) is 13.2. The lowest BCUT2D eigenvalue weighted by molar-refractivity contribution is -0.133. The van der Waals surface area contributed by atoms with Gasteiger partial charge in [-0.25, -0.2) is 4.79 Å². The Balaban J connectivity index is 1.97. The Morgan fingerprint density at radius 1 is 1.16 bits per heavy atom. The van der Waals surface area contributed by atoms with Crippen molar-refractivity contribution < 1.29 is 9.53 Å². The summed E-state index contributed by atoms with van der Waals surface area (Å²) in [5.41, 5.74) is 3.04. The molecule has 4 heteroatoms. The lowest BCUT2D eigenvalue weighted by atomic mass is 9.92. The van der Waals surface area contributed by atoms with Crippen LogP contribution in [0.5, 0.6) is 0 Å². The van der Waals surface area contributed by atoms with Gasteiger partial charge in [0.15, 0.2) is 0 Å². The monoisotopic (exact) mass is 255 g/mol. The summed E-state index contributed by atoms with van der Waals surface area (Å²) >= 11 is 0. The molecule has 0 N–H and O–H groups in total. The quantitative estimate of drug-likeness (QED) is 0.595. The number of hydrogen-bond acceptors (Lipinski definition) is 4. The molecule has 0 saturated carbocycles. The first-order chi connectivity index (χ1) is 9.28. The SMILES string of the molecule is O=Nc1cccc(/C=C2\OC(=O)C3=C2CCCC3)c1. The Bertz CT molecular complexity index is 614. The van der Waals surface area contributed by atoms with Crippen LogP contribution in [0.3, 0.4) is 0 Å². The number of ether oxygens (including phenoxy) is 1. The average Bonchev–Trinajstić information content (AvgIpc) is 2.76. The number of carbonyl (C=O) groups excluding carboxylic acids is 1. The molecule has 1 aliphatic carbocycles. The number of hydrogen-bond donors (Lipinski definition) is 0. The molecule has 19 heavy (non-hydrogen) atoms. The lowest BCUT2D eigenvalue weighted by Crippen LogP contribution is -2.01. The van der Waals surface area contributed by atoms with Gasteiger partial charge in [0.25, 0.3) is 0 Å². The Labute approximate surface area is 110 Å². The van der Waals surface area contributed by atoms with Gasteiger partial charge in [-0.3, -0.25) is 0 Å². The van der Waals surface area contributed by atoms with E-state index in [2.05, 4.69) is 5.18 Å². The Kier molecular flexibility index (Phi) is 2.99. The van der Waals surface area contributed by atoms with Gasteiger partial charge in [0.2, 0.25) is 0 Å². The van der Waals surface area contributed by atoms with E-state index in [9.17, 15) is 9.70 Å². The third kappa shape index (κ3) is 2.21. The zero-order valence-corrected chi connectivity index (χ0v) is 10.4. The topological polar surface area (TPSA) is 55.7 Å². The normalized spacial score (nSPS) is 20.4. The second kappa shape index (κ2) is 4.80. The molecule has 2 aliphatic rings. The average molecular weight is 255 g/mol. The van der Waals surface area contributed by atoms with Crippen molar-refractivity contribution in [1.82, 2.24) is 0 Å². The Morgan fingerprint density at radius 3 is 2.74 bits per heavy atom. The third-order valence-electron chi connectivity index (χ3n) is 3.49. The maximum atomic E-state index is 11.7. The minimum atomic E-state index is -0.217. The summed E-state index contributed by atoms with van der Waals surface area (Å²) in [6.07, 6.45) is 5.63. The lowest BCUT2D eigenvalue weighted by Gasteiger charge is -2.10. The molecule has 4 nitrogen and oxygen atoms in total. The fraction of sp³-hybridized carbons (Fsp3) is 0.267. The molecule has 3 rings (SSSR count). The van der Waals surface area contributed by atoms with Crippen LogP contribution in [0.1, 0.15) is 31.2 Å². The van der Waals surface area contributed by atoms with E-state index in [0.29, 0.717) is 11.4 Å². The van der Waals surface area contributed by atoms with Gasteiger partial charge in [-0.05, 0) is 54.6 Å². The zero-order valence-electron chi connectivity index (χ0n) is 10.4. The van der Waals surface area contributed by atoms with Crippen LogP contribution >= 0.6 is 0 Å². The molecule has 1 heterocycles. The van der Waals surface area contributed by atoms with E-state index in [1.165, 1.54) is 0 Å². The number of nitroso groups, excluding NO2 is 1. The van der Waals surface area contributed by atoms with E-state index in [1.807, 2.05) is 6.07 Å². The fourth-order valence-electron chi connectivity index (χ4n) is 2.56. The van der Waals surface area contributed by atoms with Gasteiger partial charge in [-0.15, -0.1) is 4.91 Å². The Morgan fingerprint density at radius 2 is 1.95 bits per heavy atom. The highest BCUT2D eigenvalue weighted by molar-refractivity contribution is 5.95. The molecule has 0 spiro atoms. The maximum Gasteiger partial charge on any atom is 0.339 e. The smallest absolute Gasteiger partial charge is 0.339 e. The highest BCUT2D eigenvalue weighted by Gasteiger charge is 2.30. The second-order valence-electron chi connectivity index (χ2n) is 4.75. The summed E-state index contributed by atoms with van der Waals surface area (Å²) in [6, 6.07) is 6.93. The molecule has 0 saturated heterocycles. The number of benzene rings is 1. The molecule has 0 fully saturated rings. The van der Waals surface area contributed by atoms with E-state index in [4.69, 9.17) is 4.74 Å². The summed E-state index contributed by atoms with van der Waals surface area (Å²) in [7, 11) is 0.